The first-order chi connectivity index (χ1) is 17.1. The van der Waals surface area contributed by atoms with E-state index in [1.165, 1.54) is 0 Å². The highest BCUT2D eigenvalue weighted by Gasteiger charge is 2.12. The molecular formula is C30H26ClN3O. The third kappa shape index (κ3) is 6.11. The Labute approximate surface area is 211 Å². The normalized spacial score (nSPS) is 11.9. The lowest BCUT2D eigenvalue weighted by Crippen LogP contribution is -1.97. The third-order valence-corrected chi connectivity index (χ3v) is 5.63. The standard InChI is InChI=1S/C30H26ClN3O/c1-4-23(18-32-3)25-16-24(14-13-22-9-6-5-7-10-22)29(33-19-25)26-15-21(2)30(34-20-26)35-28-12-8-11-27(31)17-28/h4-20H,1-3H3/b14-13+,23-4+,32-18?. The average molecular weight is 480 g/mol. The van der Waals surface area contributed by atoms with E-state index in [9.17, 15) is 0 Å². The van der Waals surface area contributed by atoms with Gasteiger partial charge >= 0.3 is 0 Å². The lowest BCUT2D eigenvalue weighted by molar-refractivity contribution is 0.459. The van der Waals surface area contributed by atoms with E-state index in [0.29, 0.717) is 16.7 Å². The second kappa shape index (κ2) is 11.4. The van der Waals surface area contributed by atoms with Crippen LogP contribution < -0.4 is 4.74 Å². The van der Waals surface area contributed by atoms with Crippen molar-refractivity contribution in [1.29, 1.82) is 0 Å². The fourth-order valence-electron chi connectivity index (χ4n) is 3.65. The topological polar surface area (TPSA) is 47.4 Å². The van der Waals surface area contributed by atoms with Crippen molar-refractivity contribution in [2.24, 2.45) is 4.99 Å². The van der Waals surface area contributed by atoms with Crippen molar-refractivity contribution >= 4 is 35.5 Å². The van der Waals surface area contributed by atoms with Crippen molar-refractivity contribution in [1.82, 2.24) is 9.97 Å². The molecule has 0 unspecified atom stereocenters. The highest BCUT2D eigenvalue weighted by molar-refractivity contribution is 6.30. The van der Waals surface area contributed by atoms with Gasteiger partial charge in [0, 0.05) is 52.9 Å². The molecule has 35 heavy (non-hydrogen) atoms. The molecule has 0 atom stereocenters. The van der Waals surface area contributed by atoms with Crippen LogP contribution in [-0.2, 0) is 0 Å². The van der Waals surface area contributed by atoms with Crippen LogP contribution in [0, 0.1) is 6.92 Å². The monoisotopic (exact) mass is 479 g/mol. The van der Waals surface area contributed by atoms with Crippen LogP contribution in [0.25, 0.3) is 29.0 Å². The van der Waals surface area contributed by atoms with Gasteiger partial charge in [0.2, 0.25) is 5.88 Å². The Hall–Kier alpha value is -4.02. The van der Waals surface area contributed by atoms with Crippen LogP contribution in [0.1, 0.15) is 29.2 Å². The van der Waals surface area contributed by atoms with Crippen LogP contribution in [0.5, 0.6) is 11.6 Å². The first-order valence-electron chi connectivity index (χ1n) is 11.3. The number of ether oxygens (including phenoxy) is 1. The van der Waals surface area contributed by atoms with E-state index in [1.807, 2.05) is 74.8 Å². The van der Waals surface area contributed by atoms with Gasteiger partial charge in [-0.25, -0.2) is 4.98 Å². The van der Waals surface area contributed by atoms with Crippen molar-refractivity contribution in [3.63, 3.8) is 0 Å². The van der Waals surface area contributed by atoms with E-state index in [2.05, 4.69) is 40.3 Å². The molecule has 0 saturated carbocycles. The molecule has 174 valence electrons. The van der Waals surface area contributed by atoms with E-state index >= 15 is 0 Å². The molecular weight excluding hydrogens is 454 g/mol. The number of aromatic nitrogens is 2. The number of nitrogens with zero attached hydrogens (tertiary/aromatic N) is 3. The van der Waals surface area contributed by atoms with Gasteiger partial charge in [-0.05, 0) is 55.3 Å². The third-order valence-electron chi connectivity index (χ3n) is 5.40. The Morgan fingerprint density at radius 2 is 1.77 bits per heavy atom. The molecule has 5 heteroatoms. The molecule has 0 bridgehead atoms. The van der Waals surface area contributed by atoms with Gasteiger partial charge in [-0.2, -0.15) is 0 Å². The van der Waals surface area contributed by atoms with Gasteiger partial charge < -0.3 is 4.74 Å². The summed E-state index contributed by atoms with van der Waals surface area (Å²) in [6.45, 7) is 3.97. The maximum absolute atomic E-state index is 6.09. The fraction of sp³-hybridized carbons (Fsp3) is 0.100. The maximum Gasteiger partial charge on any atom is 0.222 e. The molecule has 0 aliphatic rings. The lowest BCUT2D eigenvalue weighted by Gasteiger charge is -2.12. The summed E-state index contributed by atoms with van der Waals surface area (Å²) in [5.74, 6) is 1.18. The van der Waals surface area contributed by atoms with Crippen molar-refractivity contribution in [3.8, 4) is 22.9 Å². The smallest absolute Gasteiger partial charge is 0.222 e. The summed E-state index contributed by atoms with van der Waals surface area (Å²) < 4.78 is 5.96. The molecule has 0 N–H and O–H groups in total. The van der Waals surface area contributed by atoms with Crippen LogP contribution in [0.4, 0.5) is 0 Å². The number of allylic oxidation sites excluding steroid dienone is 2. The number of hydrogen-bond acceptors (Lipinski definition) is 4. The Morgan fingerprint density at radius 1 is 0.943 bits per heavy atom. The van der Waals surface area contributed by atoms with Gasteiger partial charge in [-0.3, -0.25) is 9.98 Å². The molecule has 4 aromatic rings. The molecule has 0 radical (unpaired) electrons. The number of benzene rings is 2. The molecule has 4 nitrogen and oxygen atoms in total. The molecule has 4 rings (SSSR count). The lowest BCUT2D eigenvalue weighted by atomic mass is 10.00. The van der Waals surface area contributed by atoms with E-state index < -0.39 is 0 Å². The second-order valence-electron chi connectivity index (χ2n) is 7.94. The largest absolute Gasteiger partial charge is 0.439 e. The predicted molar refractivity (Wildman–Crippen MR) is 147 cm³/mol. The maximum atomic E-state index is 6.09. The molecule has 0 spiro atoms. The molecule has 2 aromatic carbocycles. The van der Waals surface area contributed by atoms with Gasteiger partial charge in [0.15, 0.2) is 0 Å². The highest BCUT2D eigenvalue weighted by atomic mass is 35.5. The van der Waals surface area contributed by atoms with Crippen molar-refractivity contribution in [3.05, 3.63) is 112 Å². The molecule has 0 amide bonds. The molecule has 0 saturated heterocycles. The summed E-state index contributed by atoms with van der Waals surface area (Å²) in [4.78, 5) is 13.6. The van der Waals surface area contributed by atoms with Crippen LogP contribution in [-0.4, -0.2) is 23.2 Å². The number of aryl methyl sites for hydroxylation is 1. The summed E-state index contributed by atoms with van der Waals surface area (Å²) in [5.41, 5.74) is 6.77. The Bertz CT molecular complexity index is 1410. The molecule has 0 aliphatic heterocycles. The Balaban J connectivity index is 1.73. The SMILES string of the molecule is C/C=C(\C=NC)c1cnc(-c2cnc(Oc3cccc(Cl)c3)c(C)c2)c(/C=C/c2ccccc2)c1. The van der Waals surface area contributed by atoms with Crippen molar-refractivity contribution in [2.45, 2.75) is 13.8 Å². The first-order valence-corrected chi connectivity index (χ1v) is 11.7. The van der Waals surface area contributed by atoms with Crippen LogP contribution >= 0.6 is 11.6 Å². The minimum absolute atomic E-state index is 0.532. The summed E-state index contributed by atoms with van der Waals surface area (Å²) >= 11 is 6.09. The van der Waals surface area contributed by atoms with Gasteiger partial charge in [-0.1, -0.05) is 66.2 Å². The number of hydrogen-bond donors (Lipinski definition) is 0. The number of aliphatic imine (C=N–C) groups is 1. The highest BCUT2D eigenvalue weighted by Crippen LogP contribution is 2.31. The minimum atomic E-state index is 0.532. The Morgan fingerprint density at radius 3 is 2.49 bits per heavy atom. The molecule has 2 aromatic heterocycles. The fourth-order valence-corrected chi connectivity index (χ4v) is 3.83. The Kier molecular flexibility index (Phi) is 7.86. The van der Waals surface area contributed by atoms with Gasteiger partial charge in [0.1, 0.15) is 5.75 Å². The number of pyridine rings is 2. The van der Waals surface area contributed by atoms with E-state index in [1.54, 1.807) is 19.3 Å². The van der Waals surface area contributed by atoms with Gasteiger partial charge in [-0.15, -0.1) is 0 Å². The summed E-state index contributed by atoms with van der Waals surface area (Å²) in [6, 6.07) is 21.6. The second-order valence-corrected chi connectivity index (χ2v) is 8.38. The quantitative estimate of drug-likeness (QED) is 0.251. The van der Waals surface area contributed by atoms with Crippen LogP contribution in [0.15, 0.2) is 90.2 Å². The van der Waals surface area contributed by atoms with E-state index in [-0.39, 0.29) is 0 Å². The summed E-state index contributed by atoms with van der Waals surface area (Å²) in [5, 5.41) is 0.615. The van der Waals surface area contributed by atoms with Gasteiger partial charge in [0.05, 0.1) is 5.69 Å². The zero-order chi connectivity index (χ0) is 24.6. The summed E-state index contributed by atoms with van der Waals surface area (Å²) in [6.07, 6.45) is 11.7. The number of rotatable bonds is 7. The molecule has 2 heterocycles. The van der Waals surface area contributed by atoms with Crippen molar-refractivity contribution < 1.29 is 4.74 Å². The minimum Gasteiger partial charge on any atom is -0.439 e. The molecule has 0 aliphatic carbocycles. The van der Waals surface area contributed by atoms with Crippen molar-refractivity contribution in [2.75, 3.05) is 7.05 Å². The number of halogens is 1. The van der Waals surface area contributed by atoms with Gasteiger partial charge in [0.25, 0.3) is 0 Å². The zero-order valence-corrected chi connectivity index (χ0v) is 20.7. The van der Waals surface area contributed by atoms with Crippen LogP contribution in [0.3, 0.4) is 0 Å². The first kappa shape index (κ1) is 24.1. The average Bonchev–Trinajstić information content (AvgIpc) is 2.88. The van der Waals surface area contributed by atoms with E-state index in [0.717, 1.165) is 39.1 Å². The van der Waals surface area contributed by atoms with Crippen LogP contribution in [0.2, 0.25) is 5.02 Å². The predicted octanol–water partition coefficient (Wildman–Crippen LogP) is 8.17. The zero-order valence-electron chi connectivity index (χ0n) is 19.9. The van der Waals surface area contributed by atoms with E-state index in [4.69, 9.17) is 21.3 Å². The summed E-state index contributed by atoms with van der Waals surface area (Å²) in [7, 11) is 1.77. The molecule has 0 fully saturated rings.